The molecule has 0 bridgehead atoms. The largest absolute Gasteiger partial charge is 0.316 e. The van der Waals surface area contributed by atoms with Crippen LogP contribution in [0.4, 0.5) is 0 Å². The molecule has 2 aliphatic rings. The molecule has 3 rings (SSSR count). The monoisotopic (exact) mass is 193 g/mol. The first kappa shape index (κ1) is 8.01. The Kier molecular flexibility index (Phi) is 1.74. The van der Waals surface area contributed by atoms with Crippen molar-refractivity contribution in [1.82, 2.24) is 5.32 Å². The van der Waals surface area contributed by atoms with Crippen molar-refractivity contribution in [2.24, 2.45) is 5.92 Å². The molecular formula is C11H15NS. The van der Waals surface area contributed by atoms with E-state index >= 15 is 0 Å². The van der Waals surface area contributed by atoms with Crippen molar-refractivity contribution >= 4 is 11.3 Å². The van der Waals surface area contributed by atoms with Crippen molar-refractivity contribution in [2.45, 2.75) is 24.7 Å². The van der Waals surface area contributed by atoms with Crippen LogP contribution in [0.1, 0.15) is 24.1 Å². The van der Waals surface area contributed by atoms with Gasteiger partial charge >= 0.3 is 0 Å². The summed E-state index contributed by atoms with van der Waals surface area (Å²) in [5, 5.41) is 5.71. The minimum Gasteiger partial charge on any atom is -0.316 e. The number of nitrogens with one attached hydrogen (secondary N) is 1. The Balaban J connectivity index is 1.88. The van der Waals surface area contributed by atoms with E-state index in [4.69, 9.17) is 0 Å². The van der Waals surface area contributed by atoms with Crippen molar-refractivity contribution in [3.63, 3.8) is 0 Å². The summed E-state index contributed by atoms with van der Waals surface area (Å²) in [6.07, 6.45) is 4.25. The third kappa shape index (κ3) is 1.16. The van der Waals surface area contributed by atoms with Gasteiger partial charge in [-0.3, -0.25) is 0 Å². The SMILES string of the molecule is c1csc(C2(C3CCNC3)CC2)c1. The molecule has 0 radical (unpaired) electrons. The first-order valence-corrected chi connectivity index (χ1v) is 6.04. The van der Waals surface area contributed by atoms with Crippen molar-refractivity contribution in [2.75, 3.05) is 13.1 Å². The smallest absolute Gasteiger partial charge is 0.0110 e. The lowest BCUT2D eigenvalue weighted by Crippen LogP contribution is -2.21. The van der Waals surface area contributed by atoms with Crippen molar-refractivity contribution < 1.29 is 0 Å². The summed E-state index contributed by atoms with van der Waals surface area (Å²) < 4.78 is 0. The summed E-state index contributed by atoms with van der Waals surface area (Å²) in [7, 11) is 0. The van der Waals surface area contributed by atoms with E-state index in [0.717, 1.165) is 5.92 Å². The summed E-state index contributed by atoms with van der Waals surface area (Å²) in [5.41, 5.74) is 0.609. The molecule has 1 aromatic rings. The van der Waals surface area contributed by atoms with Gasteiger partial charge in [-0.15, -0.1) is 11.3 Å². The minimum absolute atomic E-state index is 0.609. The van der Waals surface area contributed by atoms with E-state index in [2.05, 4.69) is 22.8 Å². The molecule has 1 aromatic heterocycles. The average molecular weight is 193 g/mol. The second-order valence-corrected chi connectivity index (χ2v) is 5.27. The van der Waals surface area contributed by atoms with Crippen LogP contribution in [0.2, 0.25) is 0 Å². The van der Waals surface area contributed by atoms with Gasteiger partial charge in [0.05, 0.1) is 0 Å². The molecule has 1 atom stereocenters. The lowest BCUT2D eigenvalue weighted by molar-refractivity contribution is 0.446. The van der Waals surface area contributed by atoms with Crippen LogP contribution >= 0.6 is 11.3 Å². The van der Waals surface area contributed by atoms with Gasteiger partial charge in [0.2, 0.25) is 0 Å². The van der Waals surface area contributed by atoms with E-state index in [9.17, 15) is 0 Å². The molecule has 1 saturated heterocycles. The zero-order chi connectivity index (χ0) is 8.73. The normalized spacial score (nSPS) is 30.6. The second kappa shape index (κ2) is 2.82. The molecule has 1 nitrogen and oxygen atoms in total. The highest BCUT2D eigenvalue weighted by molar-refractivity contribution is 7.10. The lowest BCUT2D eigenvalue weighted by atomic mass is 9.87. The zero-order valence-electron chi connectivity index (χ0n) is 7.75. The van der Waals surface area contributed by atoms with Gasteiger partial charge < -0.3 is 5.32 Å². The number of hydrogen-bond acceptors (Lipinski definition) is 2. The lowest BCUT2D eigenvalue weighted by Gasteiger charge is -2.20. The molecule has 1 N–H and O–H groups in total. The Morgan fingerprint density at radius 1 is 1.46 bits per heavy atom. The molecule has 0 aromatic carbocycles. The molecule has 13 heavy (non-hydrogen) atoms. The fraction of sp³-hybridized carbons (Fsp3) is 0.636. The van der Waals surface area contributed by atoms with E-state index in [0.29, 0.717) is 5.41 Å². The second-order valence-electron chi connectivity index (χ2n) is 4.32. The average Bonchev–Trinajstić information content (AvgIpc) is 2.68. The highest BCUT2D eigenvalue weighted by Crippen LogP contribution is 2.56. The molecule has 1 aliphatic carbocycles. The maximum atomic E-state index is 3.49. The fourth-order valence-electron chi connectivity index (χ4n) is 2.68. The van der Waals surface area contributed by atoms with Crippen LogP contribution in [0.15, 0.2) is 17.5 Å². The van der Waals surface area contributed by atoms with Crippen molar-refractivity contribution in [3.05, 3.63) is 22.4 Å². The minimum atomic E-state index is 0.609. The van der Waals surface area contributed by atoms with Crippen LogP contribution in [0.25, 0.3) is 0 Å². The fourth-order valence-corrected chi connectivity index (χ4v) is 3.75. The van der Waals surface area contributed by atoms with Gasteiger partial charge in [0.1, 0.15) is 0 Å². The first-order valence-electron chi connectivity index (χ1n) is 5.16. The third-order valence-electron chi connectivity index (χ3n) is 3.64. The molecule has 2 heteroatoms. The molecule has 1 unspecified atom stereocenters. The highest BCUT2D eigenvalue weighted by Gasteiger charge is 2.51. The predicted molar refractivity (Wildman–Crippen MR) is 56.2 cm³/mol. The Bertz CT molecular complexity index is 281. The van der Waals surface area contributed by atoms with E-state index < -0.39 is 0 Å². The summed E-state index contributed by atoms with van der Waals surface area (Å²) >= 11 is 1.95. The van der Waals surface area contributed by atoms with E-state index in [1.165, 1.54) is 32.4 Å². The van der Waals surface area contributed by atoms with E-state index in [-0.39, 0.29) is 0 Å². The Morgan fingerprint density at radius 3 is 2.92 bits per heavy atom. The van der Waals surface area contributed by atoms with Crippen LogP contribution in [-0.2, 0) is 5.41 Å². The molecule has 0 spiro atoms. The van der Waals surface area contributed by atoms with Gasteiger partial charge in [0, 0.05) is 10.3 Å². The van der Waals surface area contributed by atoms with Crippen LogP contribution in [0.3, 0.4) is 0 Å². The summed E-state index contributed by atoms with van der Waals surface area (Å²) in [6, 6.07) is 4.53. The maximum absolute atomic E-state index is 3.49. The van der Waals surface area contributed by atoms with Gasteiger partial charge in [-0.05, 0) is 49.7 Å². The van der Waals surface area contributed by atoms with Crippen molar-refractivity contribution in [1.29, 1.82) is 0 Å². The predicted octanol–water partition coefficient (Wildman–Crippen LogP) is 2.39. The molecule has 2 fully saturated rings. The van der Waals surface area contributed by atoms with Gasteiger partial charge in [-0.25, -0.2) is 0 Å². The number of rotatable bonds is 2. The van der Waals surface area contributed by atoms with E-state index in [1.54, 1.807) is 4.88 Å². The number of thiophene rings is 1. The van der Waals surface area contributed by atoms with Gasteiger partial charge in [0.25, 0.3) is 0 Å². The third-order valence-corrected chi connectivity index (χ3v) is 4.73. The molecule has 1 aliphatic heterocycles. The molecule has 0 amide bonds. The summed E-state index contributed by atoms with van der Waals surface area (Å²) in [6.45, 7) is 2.48. The Labute approximate surface area is 83.2 Å². The maximum Gasteiger partial charge on any atom is 0.0110 e. The summed E-state index contributed by atoms with van der Waals surface area (Å²) in [5.74, 6) is 0.922. The first-order chi connectivity index (χ1) is 6.42. The molecule has 70 valence electrons. The van der Waals surface area contributed by atoms with Crippen molar-refractivity contribution in [3.8, 4) is 0 Å². The Hall–Kier alpha value is -0.340. The van der Waals surface area contributed by atoms with Crippen LogP contribution in [-0.4, -0.2) is 13.1 Å². The highest BCUT2D eigenvalue weighted by atomic mass is 32.1. The quantitative estimate of drug-likeness (QED) is 0.760. The van der Waals surface area contributed by atoms with Crippen LogP contribution in [0, 0.1) is 5.92 Å². The molecular weight excluding hydrogens is 178 g/mol. The molecule has 1 saturated carbocycles. The van der Waals surface area contributed by atoms with Crippen LogP contribution < -0.4 is 5.32 Å². The van der Waals surface area contributed by atoms with Crippen LogP contribution in [0.5, 0.6) is 0 Å². The van der Waals surface area contributed by atoms with E-state index in [1.807, 2.05) is 11.3 Å². The summed E-state index contributed by atoms with van der Waals surface area (Å²) in [4.78, 5) is 1.64. The Morgan fingerprint density at radius 2 is 2.38 bits per heavy atom. The zero-order valence-corrected chi connectivity index (χ0v) is 8.57. The van der Waals surface area contributed by atoms with Gasteiger partial charge in [-0.2, -0.15) is 0 Å². The van der Waals surface area contributed by atoms with Gasteiger partial charge in [0.15, 0.2) is 0 Å². The number of hydrogen-bond donors (Lipinski definition) is 1. The van der Waals surface area contributed by atoms with Gasteiger partial charge in [-0.1, -0.05) is 6.07 Å². The standard InChI is InChI=1S/C11H15NS/c1-2-10(13-7-1)11(4-5-11)9-3-6-12-8-9/h1-2,7,9,12H,3-6,8H2. The topological polar surface area (TPSA) is 12.0 Å². The molecule has 2 heterocycles.